The van der Waals surface area contributed by atoms with Gasteiger partial charge in [0.15, 0.2) is 0 Å². The molecule has 3 nitrogen and oxygen atoms in total. The number of allylic oxidation sites excluding steroid dienone is 1. The quantitative estimate of drug-likeness (QED) is 0.769. The minimum atomic E-state index is -0.622. The third-order valence-electron chi connectivity index (χ3n) is 2.41. The van der Waals surface area contributed by atoms with E-state index >= 15 is 0 Å². The van der Waals surface area contributed by atoms with Gasteiger partial charge in [-0.25, -0.2) is 0 Å². The molecule has 0 aliphatic carbocycles. The van der Waals surface area contributed by atoms with Gasteiger partial charge in [0.1, 0.15) is 0 Å². The van der Waals surface area contributed by atoms with Crippen molar-refractivity contribution < 1.29 is 14.6 Å². The van der Waals surface area contributed by atoms with Crippen LogP contribution in [0.3, 0.4) is 0 Å². The summed E-state index contributed by atoms with van der Waals surface area (Å²) in [6.07, 6.45) is 4.75. The van der Waals surface area contributed by atoms with Crippen molar-refractivity contribution in [2.75, 3.05) is 7.11 Å². The van der Waals surface area contributed by atoms with Crippen molar-refractivity contribution in [3.63, 3.8) is 0 Å². The van der Waals surface area contributed by atoms with E-state index in [2.05, 4.69) is 4.74 Å². The summed E-state index contributed by atoms with van der Waals surface area (Å²) in [6, 6.07) is 9.96. The van der Waals surface area contributed by atoms with Crippen LogP contribution in [-0.4, -0.2) is 24.3 Å². The van der Waals surface area contributed by atoms with Gasteiger partial charge in [-0.1, -0.05) is 42.5 Å². The van der Waals surface area contributed by atoms with Gasteiger partial charge in [0, 0.05) is 0 Å². The van der Waals surface area contributed by atoms with Crippen molar-refractivity contribution in [3.05, 3.63) is 42.0 Å². The number of rotatable bonds is 6. The fourth-order valence-electron chi connectivity index (χ4n) is 1.45. The third-order valence-corrected chi connectivity index (χ3v) is 2.41. The van der Waals surface area contributed by atoms with E-state index < -0.39 is 6.10 Å². The van der Waals surface area contributed by atoms with Crippen molar-refractivity contribution >= 4 is 12.0 Å². The molecule has 17 heavy (non-hydrogen) atoms. The van der Waals surface area contributed by atoms with Crippen LogP contribution in [0.5, 0.6) is 0 Å². The van der Waals surface area contributed by atoms with E-state index in [0.717, 1.165) is 12.0 Å². The zero-order valence-corrected chi connectivity index (χ0v) is 10.0. The molecule has 0 aliphatic heterocycles. The molecule has 1 unspecified atom stereocenters. The summed E-state index contributed by atoms with van der Waals surface area (Å²) < 4.78 is 4.48. The Morgan fingerprint density at radius 1 is 1.41 bits per heavy atom. The Hall–Kier alpha value is -1.61. The van der Waals surface area contributed by atoms with E-state index in [9.17, 15) is 9.90 Å². The molecule has 1 aromatic carbocycles. The Kier molecular flexibility index (Phi) is 6.04. The maximum Gasteiger partial charge on any atom is 0.308 e. The summed E-state index contributed by atoms with van der Waals surface area (Å²) in [5, 5.41) is 9.51. The van der Waals surface area contributed by atoms with Gasteiger partial charge in [-0.2, -0.15) is 0 Å². The number of esters is 1. The van der Waals surface area contributed by atoms with Crippen molar-refractivity contribution in [2.24, 2.45) is 0 Å². The van der Waals surface area contributed by atoms with Crippen LogP contribution in [0.1, 0.15) is 24.8 Å². The van der Waals surface area contributed by atoms with Crippen molar-refractivity contribution in [1.82, 2.24) is 0 Å². The topological polar surface area (TPSA) is 46.5 Å². The Bertz CT molecular complexity index is 357. The minimum absolute atomic E-state index is 0.0652. The van der Waals surface area contributed by atoms with Crippen molar-refractivity contribution in [1.29, 1.82) is 0 Å². The molecule has 0 saturated heterocycles. The predicted octanol–water partition coefficient (Wildman–Crippen LogP) is 2.40. The molecule has 0 bridgehead atoms. The van der Waals surface area contributed by atoms with Crippen LogP contribution < -0.4 is 0 Å². The van der Waals surface area contributed by atoms with Gasteiger partial charge in [-0.3, -0.25) is 4.79 Å². The van der Waals surface area contributed by atoms with E-state index in [-0.39, 0.29) is 12.4 Å². The van der Waals surface area contributed by atoms with Crippen LogP contribution in [0, 0.1) is 0 Å². The zero-order chi connectivity index (χ0) is 12.5. The average molecular weight is 234 g/mol. The lowest BCUT2D eigenvalue weighted by Gasteiger charge is -2.06. The number of aliphatic hydroxyl groups excluding tert-OH is 1. The molecule has 3 heteroatoms. The lowest BCUT2D eigenvalue weighted by Crippen LogP contribution is -2.13. The highest BCUT2D eigenvalue weighted by molar-refractivity contribution is 5.69. The van der Waals surface area contributed by atoms with E-state index in [0.29, 0.717) is 6.42 Å². The van der Waals surface area contributed by atoms with E-state index in [4.69, 9.17) is 0 Å². The lowest BCUT2D eigenvalue weighted by molar-refractivity contribution is -0.142. The van der Waals surface area contributed by atoms with Crippen LogP contribution in [0.4, 0.5) is 0 Å². The molecule has 0 spiro atoms. The number of ether oxygens (including phenoxy) is 1. The molecule has 0 amide bonds. The van der Waals surface area contributed by atoms with Gasteiger partial charge in [0.25, 0.3) is 0 Å². The van der Waals surface area contributed by atoms with E-state index in [1.165, 1.54) is 7.11 Å². The molecule has 92 valence electrons. The van der Waals surface area contributed by atoms with Crippen molar-refractivity contribution in [3.8, 4) is 0 Å². The van der Waals surface area contributed by atoms with Crippen molar-refractivity contribution in [2.45, 2.75) is 25.4 Å². The maximum absolute atomic E-state index is 10.9. The number of carbonyl (C=O) groups excluding carboxylic acids is 1. The van der Waals surface area contributed by atoms with E-state index in [1.807, 2.05) is 42.5 Å². The van der Waals surface area contributed by atoms with Crippen LogP contribution in [0.25, 0.3) is 6.08 Å². The molecule has 0 radical (unpaired) electrons. The van der Waals surface area contributed by atoms with Gasteiger partial charge < -0.3 is 9.84 Å². The molecule has 0 fully saturated rings. The number of aliphatic hydroxyl groups is 1. The molecule has 0 aliphatic rings. The molecule has 0 heterocycles. The predicted molar refractivity (Wildman–Crippen MR) is 67.3 cm³/mol. The first-order valence-electron chi connectivity index (χ1n) is 5.69. The second kappa shape index (κ2) is 7.63. The highest BCUT2D eigenvalue weighted by atomic mass is 16.5. The number of carbonyl (C=O) groups is 1. The standard InChI is InChI=1S/C14H18O3/c1-17-14(16)11-13(15)10-6-5-9-12-7-3-2-4-8-12/h2-5,7-9,13,15H,6,10-11H2,1H3/b9-5+. The highest BCUT2D eigenvalue weighted by Gasteiger charge is 2.09. The first-order chi connectivity index (χ1) is 8.22. The first-order valence-corrected chi connectivity index (χ1v) is 5.69. The Morgan fingerprint density at radius 3 is 2.76 bits per heavy atom. The Morgan fingerprint density at radius 2 is 2.12 bits per heavy atom. The lowest BCUT2D eigenvalue weighted by atomic mass is 10.1. The molecular formula is C14H18O3. The summed E-state index contributed by atoms with van der Waals surface area (Å²) in [5.74, 6) is -0.371. The molecule has 1 N–H and O–H groups in total. The molecule has 0 aromatic heterocycles. The highest BCUT2D eigenvalue weighted by Crippen LogP contribution is 2.06. The molecule has 1 rings (SSSR count). The second-order valence-corrected chi connectivity index (χ2v) is 3.82. The Balaban J connectivity index is 2.23. The monoisotopic (exact) mass is 234 g/mol. The molecule has 0 saturated carbocycles. The van der Waals surface area contributed by atoms with Gasteiger partial charge in [-0.15, -0.1) is 0 Å². The van der Waals surface area contributed by atoms with Gasteiger partial charge >= 0.3 is 5.97 Å². The summed E-state index contributed by atoms with van der Waals surface area (Å²) >= 11 is 0. The number of hydrogen-bond donors (Lipinski definition) is 1. The number of hydrogen-bond acceptors (Lipinski definition) is 3. The third kappa shape index (κ3) is 5.88. The first kappa shape index (κ1) is 13.5. The average Bonchev–Trinajstić information content (AvgIpc) is 2.36. The summed E-state index contributed by atoms with van der Waals surface area (Å²) in [5.41, 5.74) is 1.13. The molecule has 1 atom stereocenters. The van der Waals surface area contributed by atoms with Crippen LogP contribution in [-0.2, 0) is 9.53 Å². The van der Waals surface area contributed by atoms with Crippen LogP contribution in [0.2, 0.25) is 0 Å². The minimum Gasteiger partial charge on any atom is -0.469 e. The van der Waals surface area contributed by atoms with Gasteiger partial charge in [0.05, 0.1) is 19.6 Å². The Labute approximate surface area is 102 Å². The van der Waals surface area contributed by atoms with Gasteiger partial charge in [-0.05, 0) is 18.4 Å². The SMILES string of the molecule is COC(=O)CC(O)CC/C=C/c1ccccc1. The van der Waals surface area contributed by atoms with Gasteiger partial charge in [0.2, 0.25) is 0 Å². The molecular weight excluding hydrogens is 216 g/mol. The second-order valence-electron chi connectivity index (χ2n) is 3.82. The fraction of sp³-hybridized carbons (Fsp3) is 0.357. The summed E-state index contributed by atoms with van der Waals surface area (Å²) in [6.45, 7) is 0. The summed E-state index contributed by atoms with van der Waals surface area (Å²) in [7, 11) is 1.32. The van der Waals surface area contributed by atoms with Crippen LogP contribution in [0.15, 0.2) is 36.4 Å². The number of benzene rings is 1. The zero-order valence-electron chi connectivity index (χ0n) is 10.0. The molecule has 1 aromatic rings. The van der Waals surface area contributed by atoms with E-state index in [1.54, 1.807) is 0 Å². The maximum atomic E-state index is 10.9. The fourth-order valence-corrected chi connectivity index (χ4v) is 1.45. The normalized spacial score (nSPS) is 12.6. The summed E-state index contributed by atoms with van der Waals surface area (Å²) in [4.78, 5) is 10.9. The largest absolute Gasteiger partial charge is 0.469 e. The smallest absolute Gasteiger partial charge is 0.308 e. The van der Waals surface area contributed by atoms with Crippen LogP contribution >= 0.6 is 0 Å². The number of methoxy groups -OCH3 is 1.